The maximum Gasteiger partial charge on any atom is 0.344 e. The van der Waals surface area contributed by atoms with Crippen LogP contribution in [0.3, 0.4) is 0 Å². The second kappa shape index (κ2) is 32.2. The molecule has 0 saturated heterocycles. The lowest BCUT2D eigenvalue weighted by atomic mass is 9.90. The SMILES string of the molecule is CCCCOCCCN(Cc1cc(C)cc(-c2cc(C)cc(-c3cc(C)cc(CN(CCCOCCCC)C(=O)c4ccccc4)c3OCC(=O)OC(C)(C)C)c2OCC(=O)OC(C)(C)C)c1OCC(=O)OC(C)(C)C)C(=O)c1ccccc1. The van der Waals surface area contributed by atoms with E-state index >= 15 is 0 Å². The van der Waals surface area contributed by atoms with Crippen molar-refractivity contribution in [2.24, 2.45) is 0 Å². The average Bonchev–Trinajstić information content (AvgIpc) is 2.60. The summed E-state index contributed by atoms with van der Waals surface area (Å²) < 4.78 is 49.5. The Morgan fingerprint density at radius 2 is 0.702 bits per heavy atom. The Hall–Kier alpha value is -7.23. The van der Waals surface area contributed by atoms with Gasteiger partial charge in [0, 0.05) is 97.1 Å². The molecule has 2 amide bonds. The number of benzene rings is 5. The molecule has 0 N–H and O–H groups in total. The molecular formula is C69H92N2O13. The Morgan fingerprint density at radius 3 is 1.02 bits per heavy atom. The number of carbonyl (C=O) groups excluding carboxylic acids is 5. The fourth-order valence-electron chi connectivity index (χ4n) is 9.36. The predicted molar refractivity (Wildman–Crippen MR) is 329 cm³/mol. The zero-order chi connectivity index (χ0) is 61.6. The highest BCUT2D eigenvalue weighted by molar-refractivity contribution is 5.95. The number of ether oxygens (including phenoxy) is 8. The summed E-state index contributed by atoms with van der Waals surface area (Å²) >= 11 is 0. The van der Waals surface area contributed by atoms with E-state index in [0.717, 1.165) is 42.4 Å². The van der Waals surface area contributed by atoms with Gasteiger partial charge in [0.2, 0.25) is 0 Å². The molecule has 0 atom stereocenters. The molecule has 0 saturated carbocycles. The lowest BCUT2D eigenvalue weighted by Crippen LogP contribution is -2.32. The van der Waals surface area contributed by atoms with Crippen LogP contribution in [-0.2, 0) is 51.2 Å². The number of hydrogen-bond acceptors (Lipinski definition) is 13. The minimum Gasteiger partial charge on any atom is -0.481 e. The van der Waals surface area contributed by atoms with Crippen LogP contribution in [0.2, 0.25) is 0 Å². The number of hydrogen-bond donors (Lipinski definition) is 0. The van der Waals surface area contributed by atoms with Gasteiger partial charge in [-0.3, -0.25) is 9.59 Å². The van der Waals surface area contributed by atoms with Gasteiger partial charge in [0.1, 0.15) is 34.1 Å². The predicted octanol–water partition coefficient (Wildman–Crippen LogP) is 13.8. The zero-order valence-electron chi connectivity index (χ0n) is 52.5. The highest BCUT2D eigenvalue weighted by Gasteiger charge is 2.30. The van der Waals surface area contributed by atoms with Gasteiger partial charge in [0.05, 0.1) is 0 Å². The number of aryl methyl sites for hydroxylation is 3. The van der Waals surface area contributed by atoms with Gasteiger partial charge >= 0.3 is 17.9 Å². The van der Waals surface area contributed by atoms with Crippen LogP contribution in [0.15, 0.2) is 97.1 Å². The molecule has 0 radical (unpaired) electrons. The molecule has 0 fully saturated rings. The molecule has 0 aliphatic heterocycles. The van der Waals surface area contributed by atoms with Gasteiger partial charge in [-0.2, -0.15) is 0 Å². The Labute approximate surface area is 499 Å². The van der Waals surface area contributed by atoms with Crippen LogP contribution in [0, 0.1) is 20.8 Å². The molecule has 84 heavy (non-hydrogen) atoms. The van der Waals surface area contributed by atoms with Gasteiger partial charge < -0.3 is 47.7 Å². The molecule has 0 spiro atoms. The van der Waals surface area contributed by atoms with E-state index in [-0.39, 0.29) is 42.2 Å². The van der Waals surface area contributed by atoms with Gasteiger partial charge in [-0.05, 0) is 174 Å². The van der Waals surface area contributed by atoms with Crippen molar-refractivity contribution < 1.29 is 61.9 Å². The summed E-state index contributed by atoms with van der Waals surface area (Å²) in [4.78, 5) is 74.0. The average molecular weight is 1160 g/mol. The third-order valence-corrected chi connectivity index (χ3v) is 12.8. The van der Waals surface area contributed by atoms with E-state index < -0.39 is 54.5 Å². The van der Waals surface area contributed by atoms with Crippen LogP contribution in [0.5, 0.6) is 17.2 Å². The Balaban J connectivity index is 1.82. The summed E-state index contributed by atoms with van der Waals surface area (Å²) in [6.07, 6.45) is 4.96. The lowest BCUT2D eigenvalue weighted by molar-refractivity contribution is -0.158. The maximum absolute atomic E-state index is 14.6. The largest absolute Gasteiger partial charge is 0.481 e. The summed E-state index contributed by atoms with van der Waals surface area (Å²) in [7, 11) is 0. The van der Waals surface area contributed by atoms with Crippen LogP contribution in [-0.4, -0.2) is 116 Å². The van der Waals surface area contributed by atoms with E-state index in [4.69, 9.17) is 37.9 Å². The summed E-state index contributed by atoms with van der Waals surface area (Å²) in [6.45, 7) is 27.4. The van der Waals surface area contributed by atoms with E-state index in [9.17, 15) is 24.0 Å². The van der Waals surface area contributed by atoms with Gasteiger partial charge in [0.15, 0.2) is 19.8 Å². The van der Waals surface area contributed by atoms with Crippen molar-refractivity contribution >= 4 is 29.7 Å². The normalized spacial score (nSPS) is 11.6. The van der Waals surface area contributed by atoms with Gasteiger partial charge in [-0.15, -0.1) is 0 Å². The molecular weight excluding hydrogens is 1060 g/mol. The van der Waals surface area contributed by atoms with Crippen molar-refractivity contribution in [2.45, 2.75) is 165 Å². The van der Waals surface area contributed by atoms with Crippen LogP contribution in [0.1, 0.15) is 163 Å². The molecule has 5 aromatic rings. The smallest absolute Gasteiger partial charge is 0.344 e. The van der Waals surface area contributed by atoms with Crippen molar-refractivity contribution in [1.82, 2.24) is 9.80 Å². The molecule has 0 aliphatic rings. The zero-order valence-corrected chi connectivity index (χ0v) is 52.5. The molecule has 5 rings (SSSR count). The number of carbonyl (C=O) groups is 5. The molecule has 0 bridgehead atoms. The first-order chi connectivity index (χ1) is 39.7. The number of nitrogens with zero attached hydrogens (tertiary/aromatic N) is 2. The fourth-order valence-corrected chi connectivity index (χ4v) is 9.36. The van der Waals surface area contributed by atoms with Crippen molar-refractivity contribution in [1.29, 1.82) is 0 Å². The van der Waals surface area contributed by atoms with Crippen molar-refractivity contribution in [2.75, 3.05) is 59.3 Å². The molecule has 0 heterocycles. The third-order valence-electron chi connectivity index (χ3n) is 12.8. The van der Waals surface area contributed by atoms with Crippen molar-refractivity contribution in [3.8, 4) is 39.5 Å². The Morgan fingerprint density at radius 1 is 0.405 bits per heavy atom. The first-order valence-corrected chi connectivity index (χ1v) is 29.6. The van der Waals surface area contributed by atoms with Gasteiger partial charge in [0.25, 0.3) is 11.8 Å². The quantitative estimate of drug-likeness (QED) is 0.0234. The minimum atomic E-state index is -0.850. The number of amides is 2. The topological polar surface area (TPSA) is 166 Å². The summed E-state index contributed by atoms with van der Waals surface area (Å²) in [6, 6.07) is 29.7. The summed E-state index contributed by atoms with van der Waals surface area (Å²) in [5.74, 6) is -1.52. The number of unbranched alkanes of at least 4 members (excludes halogenated alkanes) is 2. The molecule has 456 valence electrons. The number of rotatable bonds is 31. The van der Waals surface area contributed by atoms with Crippen molar-refractivity contribution in [3.63, 3.8) is 0 Å². The van der Waals surface area contributed by atoms with E-state index in [1.54, 1.807) is 96.4 Å². The van der Waals surface area contributed by atoms with E-state index in [2.05, 4.69) is 13.8 Å². The second-order valence-corrected chi connectivity index (χ2v) is 24.2. The van der Waals surface area contributed by atoms with Gasteiger partial charge in [-0.25, -0.2) is 14.4 Å². The third kappa shape index (κ3) is 22.4. The molecule has 15 heteroatoms. The Bertz CT molecular complexity index is 2770. The van der Waals surface area contributed by atoms with Gasteiger partial charge in [-0.1, -0.05) is 75.2 Å². The van der Waals surface area contributed by atoms with E-state index in [1.807, 2.05) is 93.6 Å². The number of esters is 3. The first-order valence-electron chi connectivity index (χ1n) is 29.6. The molecule has 0 aromatic heterocycles. The molecule has 0 aliphatic carbocycles. The highest BCUT2D eigenvalue weighted by atomic mass is 16.6. The highest BCUT2D eigenvalue weighted by Crippen LogP contribution is 2.48. The van der Waals surface area contributed by atoms with Crippen LogP contribution < -0.4 is 14.2 Å². The van der Waals surface area contributed by atoms with Crippen LogP contribution >= 0.6 is 0 Å². The second-order valence-electron chi connectivity index (χ2n) is 24.2. The van der Waals surface area contributed by atoms with Crippen LogP contribution in [0.25, 0.3) is 22.3 Å². The summed E-state index contributed by atoms with van der Waals surface area (Å²) in [5.41, 5.74) is 3.91. The summed E-state index contributed by atoms with van der Waals surface area (Å²) in [5, 5.41) is 0. The van der Waals surface area contributed by atoms with Crippen molar-refractivity contribution in [3.05, 3.63) is 136 Å². The fraction of sp³-hybridized carbons (Fsp3) is 0.493. The molecule has 5 aromatic carbocycles. The first kappa shape index (κ1) is 67.6. The molecule has 0 unspecified atom stereocenters. The molecule has 15 nitrogen and oxygen atoms in total. The Kier molecular flexibility index (Phi) is 25.9. The van der Waals surface area contributed by atoms with E-state index in [1.165, 1.54) is 0 Å². The standard InChI is InChI=1S/C69H92N2O13/c1-15-17-33-77-35-25-31-70(65(75)51-27-21-19-22-28-51)43-53-37-48(3)39-55(62(53)79-45-59(72)82-67(6,7)8)57-41-50(5)42-58(64(57)81-47-61(74)84-69(12,13)14)56-40-49(4)38-54(63(56)80-46-60(73)83-68(9,10)11)44-71(32-26-36-78-34-18-16-2)66(76)52-29-23-20-24-30-52/h19-24,27-30,37-42H,15-18,25-26,31-36,43-47H2,1-14H3. The minimum absolute atomic E-state index is 0.0702. The maximum atomic E-state index is 14.6. The van der Waals surface area contributed by atoms with E-state index in [0.29, 0.717) is 96.9 Å². The lowest BCUT2D eigenvalue weighted by Gasteiger charge is -2.28. The monoisotopic (exact) mass is 1160 g/mol. The van der Waals surface area contributed by atoms with Crippen LogP contribution in [0.4, 0.5) is 0 Å².